The number of pyridine rings is 1. The molecule has 0 N–H and O–H groups in total. The van der Waals surface area contributed by atoms with Crippen LogP contribution in [0.15, 0.2) is 22.8 Å². The Bertz CT molecular complexity index is 455. The van der Waals surface area contributed by atoms with E-state index in [1.165, 1.54) is 0 Å². The zero-order valence-electron chi connectivity index (χ0n) is 8.56. The first-order valence-corrected chi connectivity index (χ1v) is 5.85. The second kappa shape index (κ2) is 4.62. The van der Waals surface area contributed by atoms with Gasteiger partial charge in [-0.3, -0.25) is 4.79 Å². The van der Waals surface area contributed by atoms with Crippen LogP contribution in [-0.2, 0) is 0 Å². The van der Waals surface area contributed by atoms with Gasteiger partial charge in [-0.05, 0) is 40.9 Å². The van der Waals surface area contributed by atoms with Crippen molar-refractivity contribution in [2.24, 2.45) is 0 Å². The summed E-state index contributed by atoms with van der Waals surface area (Å²) in [6, 6.07) is 7.05. The van der Waals surface area contributed by atoms with Gasteiger partial charge in [0, 0.05) is 6.54 Å². The molecule has 0 spiro atoms. The van der Waals surface area contributed by atoms with E-state index in [9.17, 15) is 4.79 Å². The third-order valence-corrected chi connectivity index (χ3v) is 3.04. The molecule has 2 heterocycles. The molecule has 1 saturated heterocycles. The molecule has 0 radical (unpaired) electrons. The van der Waals surface area contributed by atoms with Crippen LogP contribution < -0.4 is 0 Å². The van der Waals surface area contributed by atoms with Crippen LogP contribution in [0.25, 0.3) is 0 Å². The molecular weight excluding hydrogens is 270 g/mol. The lowest BCUT2D eigenvalue weighted by molar-refractivity contribution is 0.0759. The summed E-state index contributed by atoms with van der Waals surface area (Å²) in [5, 5.41) is 8.91. The molecule has 1 aromatic heterocycles. The van der Waals surface area contributed by atoms with Crippen LogP contribution in [0.3, 0.4) is 0 Å². The number of likely N-dealkylation sites (tertiary alicyclic amines) is 1. The molecule has 16 heavy (non-hydrogen) atoms. The highest BCUT2D eigenvalue weighted by atomic mass is 79.9. The smallest absolute Gasteiger partial charge is 0.273 e. The molecule has 1 unspecified atom stereocenters. The van der Waals surface area contributed by atoms with E-state index < -0.39 is 0 Å². The molecule has 1 fully saturated rings. The van der Waals surface area contributed by atoms with E-state index in [4.69, 9.17) is 5.26 Å². The minimum Gasteiger partial charge on any atom is -0.321 e. The fraction of sp³-hybridized carbons (Fsp3) is 0.364. The molecule has 1 aliphatic heterocycles. The third kappa shape index (κ3) is 2.07. The molecule has 0 aromatic carbocycles. The highest BCUT2D eigenvalue weighted by molar-refractivity contribution is 9.10. The molecule has 1 aliphatic rings. The van der Waals surface area contributed by atoms with Crippen LogP contribution in [0, 0.1) is 11.3 Å². The normalized spacial score (nSPS) is 19.5. The monoisotopic (exact) mass is 279 g/mol. The van der Waals surface area contributed by atoms with E-state index in [0.717, 1.165) is 12.8 Å². The van der Waals surface area contributed by atoms with E-state index in [1.54, 1.807) is 23.1 Å². The first kappa shape index (κ1) is 11.1. The molecule has 5 heteroatoms. The molecule has 4 nitrogen and oxygen atoms in total. The number of amides is 1. The first-order valence-electron chi connectivity index (χ1n) is 5.05. The summed E-state index contributed by atoms with van der Waals surface area (Å²) in [5.41, 5.74) is 0.386. The zero-order chi connectivity index (χ0) is 11.5. The molecule has 0 aliphatic carbocycles. The van der Waals surface area contributed by atoms with E-state index in [0.29, 0.717) is 16.8 Å². The van der Waals surface area contributed by atoms with Crippen LogP contribution in [0.5, 0.6) is 0 Å². The van der Waals surface area contributed by atoms with Crippen molar-refractivity contribution >= 4 is 21.8 Å². The number of nitrogens with zero attached hydrogens (tertiary/aromatic N) is 3. The Labute approximate surface area is 102 Å². The van der Waals surface area contributed by atoms with E-state index >= 15 is 0 Å². The Balaban J connectivity index is 2.23. The van der Waals surface area contributed by atoms with Gasteiger partial charge in [0.1, 0.15) is 16.3 Å². The summed E-state index contributed by atoms with van der Waals surface area (Å²) in [6.45, 7) is 0.644. The highest BCUT2D eigenvalue weighted by Crippen LogP contribution is 2.19. The average molecular weight is 280 g/mol. The van der Waals surface area contributed by atoms with E-state index in [2.05, 4.69) is 27.0 Å². The Hall–Kier alpha value is -1.41. The van der Waals surface area contributed by atoms with Crippen LogP contribution in [0.1, 0.15) is 23.3 Å². The molecule has 2 rings (SSSR count). The predicted octanol–water partition coefficient (Wildman–Crippen LogP) is 1.97. The van der Waals surface area contributed by atoms with E-state index in [-0.39, 0.29) is 11.9 Å². The standard InChI is InChI=1S/C11H10BrN3O/c12-10-5-1-4-9(14-10)11(16)15-6-2-3-8(15)7-13/h1,4-5,8H,2-3,6H2. The van der Waals surface area contributed by atoms with Crippen molar-refractivity contribution in [3.8, 4) is 6.07 Å². The Kier molecular flexibility index (Phi) is 3.20. The summed E-state index contributed by atoms with van der Waals surface area (Å²) in [4.78, 5) is 17.8. The van der Waals surface area contributed by atoms with Gasteiger partial charge >= 0.3 is 0 Å². The lowest BCUT2D eigenvalue weighted by Crippen LogP contribution is -2.35. The van der Waals surface area contributed by atoms with Crippen LogP contribution in [-0.4, -0.2) is 28.4 Å². The van der Waals surface area contributed by atoms with Gasteiger partial charge in [-0.25, -0.2) is 4.98 Å². The van der Waals surface area contributed by atoms with Gasteiger partial charge in [0.2, 0.25) is 0 Å². The fourth-order valence-electron chi connectivity index (χ4n) is 1.82. The highest BCUT2D eigenvalue weighted by Gasteiger charge is 2.29. The van der Waals surface area contributed by atoms with Crippen molar-refractivity contribution in [1.82, 2.24) is 9.88 Å². The SMILES string of the molecule is N#CC1CCCN1C(=O)c1cccc(Br)n1. The third-order valence-electron chi connectivity index (χ3n) is 2.60. The predicted molar refractivity (Wildman–Crippen MR) is 61.6 cm³/mol. The van der Waals surface area contributed by atoms with Gasteiger partial charge in [0.05, 0.1) is 6.07 Å². The van der Waals surface area contributed by atoms with Gasteiger partial charge < -0.3 is 4.90 Å². The Morgan fingerprint density at radius 2 is 2.44 bits per heavy atom. The number of nitriles is 1. The summed E-state index contributed by atoms with van der Waals surface area (Å²) in [6.07, 6.45) is 1.65. The van der Waals surface area contributed by atoms with Crippen molar-refractivity contribution in [3.05, 3.63) is 28.5 Å². The van der Waals surface area contributed by atoms with Crippen molar-refractivity contribution in [2.75, 3.05) is 6.54 Å². The van der Waals surface area contributed by atoms with Crippen molar-refractivity contribution in [1.29, 1.82) is 5.26 Å². The van der Waals surface area contributed by atoms with Gasteiger partial charge in [-0.15, -0.1) is 0 Å². The first-order chi connectivity index (χ1) is 7.72. The summed E-state index contributed by atoms with van der Waals surface area (Å²) in [5.74, 6) is -0.162. The maximum absolute atomic E-state index is 12.1. The number of hydrogen-bond acceptors (Lipinski definition) is 3. The molecule has 1 atom stereocenters. The van der Waals surface area contributed by atoms with Crippen LogP contribution in [0.2, 0.25) is 0 Å². The van der Waals surface area contributed by atoms with Crippen molar-refractivity contribution in [2.45, 2.75) is 18.9 Å². The molecular formula is C11H10BrN3O. The second-order valence-electron chi connectivity index (χ2n) is 3.63. The van der Waals surface area contributed by atoms with Gasteiger partial charge in [-0.2, -0.15) is 5.26 Å². The molecule has 0 saturated carbocycles. The minimum absolute atomic E-state index is 0.162. The maximum Gasteiger partial charge on any atom is 0.273 e. The largest absolute Gasteiger partial charge is 0.321 e. The number of rotatable bonds is 1. The van der Waals surface area contributed by atoms with Gasteiger partial charge in [0.25, 0.3) is 5.91 Å². The molecule has 1 aromatic rings. The topological polar surface area (TPSA) is 57.0 Å². The van der Waals surface area contributed by atoms with E-state index in [1.807, 2.05) is 0 Å². The number of aromatic nitrogens is 1. The summed E-state index contributed by atoms with van der Waals surface area (Å²) >= 11 is 3.22. The quantitative estimate of drug-likeness (QED) is 0.739. The van der Waals surface area contributed by atoms with Crippen molar-refractivity contribution < 1.29 is 4.79 Å². The second-order valence-corrected chi connectivity index (χ2v) is 4.44. The van der Waals surface area contributed by atoms with Crippen LogP contribution >= 0.6 is 15.9 Å². The van der Waals surface area contributed by atoms with Gasteiger partial charge in [0.15, 0.2) is 0 Å². The summed E-state index contributed by atoms with van der Waals surface area (Å²) in [7, 11) is 0. The van der Waals surface area contributed by atoms with Gasteiger partial charge in [-0.1, -0.05) is 6.07 Å². The summed E-state index contributed by atoms with van der Waals surface area (Å²) < 4.78 is 0.631. The number of carbonyl (C=O) groups is 1. The lowest BCUT2D eigenvalue weighted by Gasteiger charge is -2.18. The average Bonchev–Trinajstić information content (AvgIpc) is 2.76. The maximum atomic E-state index is 12.1. The van der Waals surface area contributed by atoms with Crippen LogP contribution in [0.4, 0.5) is 0 Å². The molecule has 82 valence electrons. The number of halogens is 1. The lowest BCUT2D eigenvalue weighted by atomic mass is 10.2. The molecule has 1 amide bonds. The molecule has 0 bridgehead atoms. The minimum atomic E-state index is -0.298. The number of carbonyl (C=O) groups excluding carboxylic acids is 1. The fourth-order valence-corrected chi connectivity index (χ4v) is 2.16. The zero-order valence-corrected chi connectivity index (χ0v) is 10.1. The Morgan fingerprint density at radius 3 is 3.12 bits per heavy atom. The Morgan fingerprint density at radius 1 is 1.62 bits per heavy atom. The number of hydrogen-bond donors (Lipinski definition) is 0. The van der Waals surface area contributed by atoms with Crippen molar-refractivity contribution in [3.63, 3.8) is 0 Å².